The van der Waals surface area contributed by atoms with Crippen LogP contribution in [0.15, 0.2) is 77.7 Å². The molecule has 1 unspecified atom stereocenters. The highest BCUT2D eigenvalue weighted by atomic mass is 19.1. The third-order valence-electron chi connectivity index (χ3n) is 5.26. The first-order valence-electron chi connectivity index (χ1n) is 9.65. The smallest absolute Gasteiger partial charge is 0.252 e. The third kappa shape index (κ3) is 3.49. The van der Waals surface area contributed by atoms with Crippen molar-refractivity contribution in [2.75, 3.05) is 5.32 Å². The Morgan fingerprint density at radius 2 is 1.76 bits per heavy atom. The summed E-state index contributed by atoms with van der Waals surface area (Å²) in [4.78, 5) is 22.0. The summed E-state index contributed by atoms with van der Waals surface area (Å²) in [5, 5.41) is 3.97. The zero-order valence-electron chi connectivity index (χ0n) is 15.6. The third-order valence-corrected chi connectivity index (χ3v) is 5.26. The average Bonchev–Trinajstić information content (AvgIpc) is 3.57. The molecule has 0 saturated heterocycles. The van der Waals surface area contributed by atoms with Crippen LogP contribution >= 0.6 is 0 Å². The number of nitrogens with zero attached hydrogens (tertiary/aromatic N) is 3. The van der Waals surface area contributed by atoms with Gasteiger partial charge in [-0.05, 0) is 54.7 Å². The van der Waals surface area contributed by atoms with Crippen LogP contribution in [0, 0.1) is 11.7 Å². The number of benzene rings is 2. The second-order valence-electron chi connectivity index (χ2n) is 7.34. The molecule has 1 aliphatic carbocycles. The highest BCUT2D eigenvalue weighted by molar-refractivity contribution is 5.76. The molecular formula is C23H19FN4O. The van der Waals surface area contributed by atoms with Gasteiger partial charge < -0.3 is 5.32 Å². The number of pyridine rings is 1. The van der Waals surface area contributed by atoms with Gasteiger partial charge in [-0.1, -0.05) is 30.3 Å². The van der Waals surface area contributed by atoms with E-state index in [0.717, 1.165) is 29.5 Å². The van der Waals surface area contributed by atoms with Gasteiger partial charge in [0.15, 0.2) is 0 Å². The Labute approximate surface area is 166 Å². The molecule has 4 aromatic rings. The molecule has 144 valence electrons. The number of hydrogen-bond acceptors (Lipinski definition) is 4. The molecule has 29 heavy (non-hydrogen) atoms. The maximum atomic E-state index is 13.5. The molecule has 1 N–H and O–H groups in total. The Bertz CT molecular complexity index is 1220. The quantitative estimate of drug-likeness (QED) is 0.541. The number of fused-ring (bicyclic) bond motifs is 1. The second kappa shape index (κ2) is 7.13. The monoisotopic (exact) mass is 386 g/mol. The van der Waals surface area contributed by atoms with E-state index in [-0.39, 0.29) is 17.4 Å². The predicted molar refractivity (Wildman–Crippen MR) is 111 cm³/mol. The van der Waals surface area contributed by atoms with Crippen molar-refractivity contribution in [1.82, 2.24) is 14.5 Å². The van der Waals surface area contributed by atoms with Crippen LogP contribution in [0.2, 0.25) is 0 Å². The summed E-state index contributed by atoms with van der Waals surface area (Å²) in [7, 11) is 0. The molecule has 1 aliphatic rings. The van der Waals surface area contributed by atoms with Gasteiger partial charge in [0.25, 0.3) is 5.56 Å². The second-order valence-corrected chi connectivity index (χ2v) is 7.34. The first-order chi connectivity index (χ1) is 14.2. The molecule has 6 heteroatoms. The fourth-order valence-corrected chi connectivity index (χ4v) is 3.72. The van der Waals surface area contributed by atoms with Gasteiger partial charge in [0.2, 0.25) is 5.95 Å². The number of para-hydroxylation sites is 1. The van der Waals surface area contributed by atoms with Crippen LogP contribution < -0.4 is 10.9 Å². The van der Waals surface area contributed by atoms with E-state index in [1.165, 1.54) is 12.1 Å². The molecule has 0 spiro atoms. The maximum Gasteiger partial charge on any atom is 0.252 e. The maximum absolute atomic E-state index is 13.5. The van der Waals surface area contributed by atoms with Gasteiger partial charge in [-0.15, -0.1) is 0 Å². The lowest BCUT2D eigenvalue weighted by Gasteiger charge is -2.22. The zero-order valence-corrected chi connectivity index (χ0v) is 15.6. The summed E-state index contributed by atoms with van der Waals surface area (Å²) >= 11 is 0. The van der Waals surface area contributed by atoms with E-state index >= 15 is 0 Å². The molecule has 0 aliphatic heterocycles. The van der Waals surface area contributed by atoms with E-state index in [9.17, 15) is 9.18 Å². The average molecular weight is 386 g/mol. The molecule has 2 aromatic heterocycles. The van der Waals surface area contributed by atoms with Crippen molar-refractivity contribution in [2.24, 2.45) is 5.92 Å². The fourth-order valence-electron chi connectivity index (χ4n) is 3.72. The molecule has 2 heterocycles. The van der Waals surface area contributed by atoms with Crippen molar-refractivity contribution in [3.8, 4) is 0 Å². The topological polar surface area (TPSA) is 59.8 Å². The van der Waals surface area contributed by atoms with Gasteiger partial charge in [-0.2, -0.15) is 4.98 Å². The van der Waals surface area contributed by atoms with Crippen LogP contribution in [0.5, 0.6) is 0 Å². The van der Waals surface area contributed by atoms with Crippen molar-refractivity contribution in [1.29, 1.82) is 0 Å². The molecule has 5 rings (SSSR count). The summed E-state index contributed by atoms with van der Waals surface area (Å²) in [6, 6.07) is 19.2. The minimum Gasteiger partial charge on any atom is -0.324 e. The lowest BCUT2D eigenvalue weighted by molar-refractivity contribution is 0.515. The Morgan fingerprint density at radius 1 is 1.00 bits per heavy atom. The standard InChI is InChI=1S/C23H19FN4O/c24-18-11-8-16(9-12-18)21(15-6-7-15)28-20(29)13-10-17-14-25-23(27-22(17)28)26-19-4-2-1-3-5-19/h1-5,8-15,21H,6-7H2,(H,25,26,27). The number of anilines is 2. The van der Waals surface area contributed by atoms with E-state index in [0.29, 0.717) is 17.5 Å². The van der Waals surface area contributed by atoms with Crippen LogP contribution in [0.3, 0.4) is 0 Å². The van der Waals surface area contributed by atoms with Gasteiger partial charge >= 0.3 is 0 Å². The minimum atomic E-state index is -0.287. The van der Waals surface area contributed by atoms with Crippen LogP contribution in [-0.4, -0.2) is 14.5 Å². The first-order valence-corrected chi connectivity index (χ1v) is 9.65. The van der Waals surface area contributed by atoms with E-state index in [1.807, 2.05) is 30.3 Å². The molecule has 1 fully saturated rings. The van der Waals surface area contributed by atoms with Crippen molar-refractivity contribution < 1.29 is 4.39 Å². The van der Waals surface area contributed by atoms with Crippen molar-refractivity contribution >= 4 is 22.7 Å². The number of nitrogens with one attached hydrogen (secondary N) is 1. The lowest BCUT2D eigenvalue weighted by Crippen LogP contribution is -2.27. The molecular weight excluding hydrogens is 367 g/mol. The van der Waals surface area contributed by atoms with Crippen LogP contribution in [-0.2, 0) is 0 Å². The van der Waals surface area contributed by atoms with Gasteiger partial charge in [0, 0.05) is 23.3 Å². The summed E-state index contributed by atoms with van der Waals surface area (Å²) in [6.07, 6.45) is 3.79. The highest BCUT2D eigenvalue weighted by Crippen LogP contribution is 2.43. The summed E-state index contributed by atoms with van der Waals surface area (Å²) < 4.78 is 15.2. The van der Waals surface area contributed by atoms with Gasteiger partial charge in [0.05, 0.1) is 6.04 Å². The highest BCUT2D eigenvalue weighted by Gasteiger charge is 2.35. The molecule has 1 saturated carbocycles. The normalized spacial score (nSPS) is 14.7. The minimum absolute atomic E-state index is 0.122. The Kier molecular flexibility index (Phi) is 4.31. The zero-order chi connectivity index (χ0) is 19.8. The number of hydrogen-bond donors (Lipinski definition) is 1. The summed E-state index contributed by atoms with van der Waals surface area (Å²) in [6.45, 7) is 0. The molecule has 5 nitrogen and oxygen atoms in total. The van der Waals surface area contributed by atoms with E-state index < -0.39 is 0 Å². The first kappa shape index (κ1) is 17.6. The van der Waals surface area contributed by atoms with Crippen LogP contribution in [0.4, 0.5) is 16.0 Å². The molecule has 0 amide bonds. The number of aromatic nitrogens is 3. The summed E-state index contributed by atoms with van der Waals surface area (Å²) in [5.41, 5.74) is 2.24. The van der Waals surface area contributed by atoms with Gasteiger partial charge in [-0.25, -0.2) is 9.37 Å². The van der Waals surface area contributed by atoms with Crippen LogP contribution in [0.25, 0.3) is 11.0 Å². The Balaban J connectivity index is 1.65. The lowest BCUT2D eigenvalue weighted by atomic mass is 10.0. The van der Waals surface area contributed by atoms with Crippen LogP contribution in [0.1, 0.15) is 24.4 Å². The summed E-state index contributed by atoms with van der Waals surface area (Å²) in [5.74, 6) is 0.478. The van der Waals surface area contributed by atoms with Crippen molar-refractivity contribution in [3.05, 3.63) is 94.7 Å². The predicted octanol–water partition coefficient (Wildman–Crippen LogP) is 4.67. The van der Waals surface area contributed by atoms with Gasteiger partial charge in [0.1, 0.15) is 11.5 Å². The molecule has 0 bridgehead atoms. The van der Waals surface area contributed by atoms with Crippen molar-refractivity contribution in [3.63, 3.8) is 0 Å². The number of halogens is 1. The molecule has 0 radical (unpaired) electrons. The SMILES string of the molecule is O=c1ccc2cnc(Nc3ccccc3)nc2n1C(c1ccc(F)cc1)C1CC1. The van der Waals surface area contributed by atoms with Crippen molar-refractivity contribution in [2.45, 2.75) is 18.9 Å². The van der Waals surface area contributed by atoms with E-state index in [1.54, 1.807) is 35.0 Å². The Hall–Kier alpha value is -3.54. The number of rotatable bonds is 5. The molecule has 2 aromatic carbocycles. The largest absolute Gasteiger partial charge is 0.324 e. The van der Waals surface area contributed by atoms with Gasteiger partial charge in [-0.3, -0.25) is 9.36 Å². The molecule has 1 atom stereocenters. The van der Waals surface area contributed by atoms with E-state index in [2.05, 4.69) is 15.3 Å². The Morgan fingerprint density at radius 3 is 2.48 bits per heavy atom. The van der Waals surface area contributed by atoms with E-state index in [4.69, 9.17) is 0 Å². The fraction of sp³-hybridized carbons (Fsp3) is 0.174.